The van der Waals surface area contributed by atoms with Crippen LogP contribution in [0.2, 0.25) is 0 Å². The van der Waals surface area contributed by atoms with Crippen LogP contribution in [0.1, 0.15) is 20.3 Å². The molecular formula is C11H22N2O. The molecule has 2 saturated heterocycles. The number of hydrogen-bond acceptors (Lipinski definition) is 3. The number of hydrazine groups is 1. The largest absolute Gasteiger partial charge is 0.381 e. The lowest BCUT2D eigenvalue weighted by atomic mass is 9.68. The number of ether oxygens (including phenoxy) is 1. The molecule has 1 spiro atoms. The molecule has 0 N–H and O–H groups in total. The summed E-state index contributed by atoms with van der Waals surface area (Å²) in [4.78, 5) is 0. The predicted molar refractivity (Wildman–Crippen MR) is 56.9 cm³/mol. The van der Waals surface area contributed by atoms with E-state index in [1.165, 1.54) is 6.42 Å². The highest BCUT2D eigenvalue weighted by atomic mass is 16.5. The summed E-state index contributed by atoms with van der Waals surface area (Å²) in [5.74, 6) is 0. The topological polar surface area (TPSA) is 15.7 Å². The van der Waals surface area contributed by atoms with Gasteiger partial charge in [0.1, 0.15) is 0 Å². The van der Waals surface area contributed by atoms with Crippen LogP contribution in [0.25, 0.3) is 0 Å². The second kappa shape index (κ2) is 3.19. The molecule has 0 radical (unpaired) electrons. The maximum atomic E-state index is 5.60. The van der Waals surface area contributed by atoms with E-state index in [0.717, 1.165) is 26.3 Å². The van der Waals surface area contributed by atoms with E-state index in [9.17, 15) is 0 Å². The van der Waals surface area contributed by atoms with Crippen molar-refractivity contribution < 1.29 is 4.74 Å². The molecule has 0 aromatic rings. The molecule has 3 nitrogen and oxygen atoms in total. The van der Waals surface area contributed by atoms with Crippen LogP contribution in [-0.2, 0) is 4.74 Å². The van der Waals surface area contributed by atoms with Crippen LogP contribution in [0.5, 0.6) is 0 Å². The molecule has 2 aliphatic rings. The normalized spacial score (nSPS) is 37.5. The third kappa shape index (κ3) is 1.38. The van der Waals surface area contributed by atoms with Gasteiger partial charge >= 0.3 is 0 Å². The Morgan fingerprint density at radius 2 is 1.93 bits per heavy atom. The summed E-state index contributed by atoms with van der Waals surface area (Å²) in [5, 5.41) is 4.66. The minimum atomic E-state index is 0.383. The van der Waals surface area contributed by atoms with E-state index in [1.54, 1.807) is 0 Å². The second-order valence-electron chi connectivity index (χ2n) is 5.64. The third-order valence-corrected chi connectivity index (χ3v) is 4.17. The van der Waals surface area contributed by atoms with Crippen molar-refractivity contribution in [3.63, 3.8) is 0 Å². The molecule has 2 heterocycles. The van der Waals surface area contributed by atoms with Crippen molar-refractivity contribution in [1.82, 2.24) is 10.0 Å². The fraction of sp³-hybridized carbons (Fsp3) is 1.00. The average Bonchev–Trinajstić information content (AvgIpc) is 2.60. The van der Waals surface area contributed by atoms with Crippen LogP contribution in [0.4, 0.5) is 0 Å². The summed E-state index contributed by atoms with van der Waals surface area (Å²) in [7, 11) is 4.26. The van der Waals surface area contributed by atoms with Gasteiger partial charge in [-0.25, -0.2) is 10.0 Å². The Kier molecular flexibility index (Phi) is 2.37. The van der Waals surface area contributed by atoms with E-state index >= 15 is 0 Å². The summed E-state index contributed by atoms with van der Waals surface area (Å²) >= 11 is 0. The van der Waals surface area contributed by atoms with Crippen LogP contribution < -0.4 is 0 Å². The Bertz CT molecular complexity index is 219. The third-order valence-electron chi connectivity index (χ3n) is 4.17. The maximum absolute atomic E-state index is 5.60. The van der Waals surface area contributed by atoms with Gasteiger partial charge in [-0.15, -0.1) is 0 Å². The van der Waals surface area contributed by atoms with Gasteiger partial charge in [-0.2, -0.15) is 0 Å². The Morgan fingerprint density at radius 3 is 2.36 bits per heavy atom. The Hall–Kier alpha value is -0.120. The number of rotatable bonds is 1. The second-order valence-corrected chi connectivity index (χ2v) is 5.64. The van der Waals surface area contributed by atoms with Crippen molar-refractivity contribution in [1.29, 1.82) is 0 Å². The monoisotopic (exact) mass is 198 g/mol. The van der Waals surface area contributed by atoms with E-state index in [2.05, 4.69) is 38.0 Å². The summed E-state index contributed by atoms with van der Waals surface area (Å²) in [6, 6.07) is 0. The lowest BCUT2D eigenvalue weighted by molar-refractivity contribution is 0.0363. The predicted octanol–water partition coefficient (Wildman–Crippen LogP) is 1.21. The van der Waals surface area contributed by atoms with Gasteiger partial charge in [0.15, 0.2) is 0 Å². The molecule has 3 heteroatoms. The highest BCUT2D eigenvalue weighted by molar-refractivity contribution is 5.03. The molecule has 2 rings (SSSR count). The van der Waals surface area contributed by atoms with E-state index < -0.39 is 0 Å². The van der Waals surface area contributed by atoms with Crippen molar-refractivity contribution in [2.45, 2.75) is 20.3 Å². The van der Waals surface area contributed by atoms with E-state index in [1.807, 2.05) is 0 Å². The van der Waals surface area contributed by atoms with E-state index in [-0.39, 0.29) is 0 Å². The first-order valence-corrected chi connectivity index (χ1v) is 5.47. The molecule has 2 aliphatic heterocycles. The van der Waals surface area contributed by atoms with Crippen molar-refractivity contribution in [2.24, 2.45) is 10.8 Å². The first kappa shape index (κ1) is 10.4. The van der Waals surface area contributed by atoms with Crippen molar-refractivity contribution in [2.75, 3.05) is 40.4 Å². The quantitative estimate of drug-likeness (QED) is 0.630. The van der Waals surface area contributed by atoms with Crippen molar-refractivity contribution >= 4 is 0 Å². The van der Waals surface area contributed by atoms with Gasteiger partial charge in [0.25, 0.3) is 0 Å². The average molecular weight is 198 g/mol. The summed E-state index contributed by atoms with van der Waals surface area (Å²) in [5.41, 5.74) is 0.783. The SMILES string of the molecule is CN(C)N1CC(C)(C)C2(CCOC2)C1. The highest BCUT2D eigenvalue weighted by Crippen LogP contribution is 2.50. The molecular weight excluding hydrogens is 176 g/mol. The lowest BCUT2D eigenvalue weighted by Gasteiger charge is -2.35. The zero-order valence-corrected chi connectivity index (χ0v) is 9.84. The molecule has 0 saturated carbocycles. The molecule has 0 aromatic heterocycles. The molecule has 0 aliphatic carbocycles. The molecule has 1 atom stereocenters. The minimum Gasteiger partial charge on any atom is -0.381 e. The fourth-order valence-electron chi connectivity index (χ4n) is 2.79. The Balaban J connectivity index is 2.18. The van der Waals surface area contributed by atoms with Crippen LogP contribution in [0.3, 0.4) is 0 Å². The van der Waals surface area contributed by atoms with Crippen LogP contribution in [-0.4, -0.2) is 50.4 Å². The number of nitrogens with zero attached hydrogens (tertiary/aromatic N) is 2. The molecule has 0 amide bonds. The van der Waals surface area contributed by atoms with Gasteiger partial charge in [0.2, 0.25) is 0 Å². The van der Waals surface area contributed by atoms with Gasteiger partial charge in [0.05, 0.1) is 6.61 Å². The standard InChI is InChI=1S/C11H22N2O/c1-10(2)7-13(12(3)4)8-11(10)5-6-14-9-11/h5-9H2,1-4H3. The number of hydrogen-bond donors (Lipinski definition) is 0. The van der Waals surface area contributed by atoms with Gasteiger partial charge in [0, 0.05) is 39.2 Å². The van der Waals surface area contributed by atoms with Gasteiger partial charge in [-0.1, -0.05) is 13.8 Å². The first-order chi connectivity index (χ1) is 6.47. The fourth-order valence-corrected chi connectivity index (χ4v) is 2.79. The van der Waals surface area contributed by atoms with Gasteiger partial charge < -0.3 is 4.74 Å². The van der Waals surface area contributed by atoms with Crippen LogP contribution >= 0.6 is 0 Å². The molecule has 82 valence electrons. The van der Waals surface area contributed by atoms with Gasteiger partial charge in [-0.05, 0) is 11.8 Å². The molecule has 0 bridgehead atoms. The molecule has 0 aromatic carbocycles. The zero-order chi connectivity index (χ0) is 10.4. The van der Waals surface area contributed by atoms with Gasteiger partial charge in [-0.3, -0.25) is 0 Å². The van der Waals surface area contributed by atoms with E-state index in [0.29, 0.717) is 10.8 Å². The Labute approximate surface area is 87.0 Å². The van der Waals surface area contributed by atoms with Crippen LogP contribution in [0, 0.1) is 10.8 Å². The summed E-state index contributed by atoms with van der Waals surface area (Å²) in [6.45, 7) is 8.97. The first-order valence-electron chi connectivity index (χ1n) is 5.47. The summed E-state index contributed by atoms with van der Waals surface area (Å²) < 4.78 is 5.60. The van der Waals surface area contributed by atoms with Crippen molar-refractivity contribution in [3.8, 4) is 0 Å². The lowest BCUT2D eigenvalue weighted by Crippen LogP contribution is -2.38. The summed E-state index contributed by atoms with van der Waals surface area (Å²) in [6.07, 6.45) is 1.23. The minimum absolute atomic E-state index is 0.383. The Morgan fingerprint density at radius 1 is 1.21 bits per heavy atom. The zero-order valence-electron chi connectivity index (χ0n) is 9.84. The van der Waals surface area contributed by atoms with Crippen molar-refractivity contribution in [3.05, 3.63) is 0 Å². The molecule has 1 unspecified atom stereocenters. The maximum Gasteiger partial charge on any atom is 0.0541 e. The molecule has 2 fully saturated rings. The smallest absolute Gasteiger partial charge is 0.0541 e. The highest BCUT2D eigenvalue weighted by Gasteiger charge is 2.54. The molecule has 14 heavy (non-hydrogen) atoms. The van der Waals surface area contributed by atoms with E-state index in [4.69, 9.17) is 4.74 Å². The van der Waals surface area contributed by atoms with Crippen LogP contribution in [0.15, 0.2) is 0 Å².